The van der Waals surface area contributed by atoms with E-state index in [2.05, 4.69) is 32.0 Å². The number of methoxy groups -OCH3 is 1. The standard InChI is InChI=1S/C23H27N5O3/c1-16-13-20(30-2)26-22(25-16)27-9-7-23(8-10-27)21(29)28(11-12-31-23)15-17-14-24-19-6-4-3-5-18(17)19/h3-6,13-14,24H,7-12,15H2,1-2H3. The van der Waals surface area contributed by atoms with E-state index < -0.39 is 5.60 Å². The van der Waals surface area contributed by atoms with Crippen molar-refractivity contribution in [1.29, 1.82) is 0 Å². The van der Waals surface area contributed by atoms with Crippen molar-refractivity contribution in [3.05, 3.63) is 47.8 Å². The number of H-pyrrole nitrogens is 1. The van der Waals surface area contributed by atoms with E-state index >= 15 is 0 Å². The Labute approximate surface area is 181 Å². The topological polar surface area (TPSA) is 83.6 Å². The van der Waals surface area contributed by atoms with E-state index in [0.29, 0.717) is 57.5 Å². The fraction of sp³-hybridized carbons (Fsp3) is 0.435. The quantitative estimate of drug-likeness (QED) is 0.697. The molecule has 4 heterocycles. The molecule has 8 nitrogen and oxygen atoms in total. The zero-order chi connectivity index (χ0) is 21.4. The van der Waals surface area contributed by atoms with Crippen LogP contribution in [0.1, 0.15) is 24.1 Å². The Balaban J connectivity index is 1.31. The van der Waals surface area contributed by atoms with E-state index in [0.717, 1.165) is 22.2 Å². The zero-order valence-electron chi connectivity index (χ0n) is 17.9. The number of aromatic nitrogens is 3. The Morgan fingerprint density at radius 3 is 2.81 bits per heavy atom. The molecule has 2 aliphatic heterocycles. The van der Waals surface area contributed by atoms with Crippen molar-refractivity contribution >= 4 is 22.8 Å². The summed E-state index contributed by atoms with van der Waals surface area (Å²) >= 11 is 0. The number of rotatable bonds is 4. The second-order valence-electron chi connectivity index (χ2n) is 8.27. The number of amides is 1. The van der Waals surface area contributed by atoms with Crippen molar-refractivity contribution in [3.63, 3.8) is 0 Å². The first kappa shape index (κ1) is 19.8. The van der Waals surface area contributed by atoms with Crippen LogP contribution < -0.4 is 9.64 Å². The summed E-state index contributed by atoms with van der Waals surface area (Å²) in [5.74, 6) is 1.29. The first-order valence-electron chi connectivity index (χ1n) is 10.7. The molecule has 31 heavy (non-hydrogen) atoms. The molecule has 0 atom stereocenters. The lowest BCUT2D eigenvalue weighted by atomic mass is 9.88. The molecule has 1 aromatic carbocycles. The van der Waals surface area contributed by atoms with Gasteiger partial charge < -0.3 is 24.3 Å². The number of para-hydroxylation sites is 1. The third-order valence-electron chi connectivity index (χ3n) is 6.33. The van der Waals surface area contributed by atoms with Crippen LogP contribution in [0.2, 0.25) is 0 Å². The lowest BCUT2D eigenvalue weighted by molar-refractivity contribution is -0.176. The summed E-state index contributed by atoms with van der Waals surface area (Å²) in [6.45, 7) is 5.02. The minimum Gasteiger partial charge on any atom is -0.481 e. The summed E-state index contributed by atoms with van der Waals surface area (Å²) in [5, 5.41) is 1.16. The van der Waals surface area contributed by atoms with Gasteiger partial charge in [-0.1, -0.05) is 18.2 Å². The number of carbonyl (C=O) groups excluding carboxylic acids is 1. The monoisotopic (exact) mass is 421 g/mol. The average molecular weight is 422 g/mol. The van der Waals surface area contributed by atoms with Gasteiger partial charge in [0.25, 0.3) is 5.91 Å². The fourth-order valence-electron chi connectivity index (χ4n) is 4.62. The number of nitrogens with zero attached hydrogens (tertiary/aromatic N) is 4. The predicted octanol–water partition coefficient (Wildman–Crippen LogP) is 2.67. The van der Waals surface area contributed by atoms with Crippen molar-refractivity contribution in [2.24, 2.45) is 0 Å². The van der Waals surface area contributed by atoms with Gasteiger partial charge in [-0.2, -0.15) is 4.98 Å². The van der Waals surface area contributed by atoms with Gasteiger partial charge in [0.1, 0.15) is 5.60 Å². The normalized spacial score (nSPS) is 18.7. The van der Waals surface area contributed by atoms with E-state index in [9.17, 15) is 4.79 Å². The number of hydrogen-bond acceptors (Lipinski definition) is 6. The maximum Gasteiger partial charge on any atom is 0.255 e. The minimum absolute atomic E-state index is 0.0893. The molecule has 1 spiro atoms. The van der Waals surface area contributed by atoms with Gasteiger partial charge in [-0.3, -0.25) is 4.79 Å². The van der Waals surface area contributed by atoms with Gasteiger partial charge in [0, 0.05) is 67.9 Å². The number of fused-ring (bicyclic) bond motifs is 1. The summed E-state index contributed by atoms with van der Waals surface area (Å²) in [5.41, 5.74) is 2.33. The fourth-order valence-corrected chi connectivity index (χ4v) is 4.62. The zero-order valence-corrected chi connectivity index (χ0v) is 17.9. The molecule has 2 aliphatic rings. The molecule has 0 unspecified atom stereocenters. The number of nitrogens with one attached hydrogen (secondary N) is 1. The lowest BCUT2D eigenvalue weighted by Crippen LogP contribution is -2.60. The molecule has 0 bridgehead atoms. The summed E-state index contributed by atoms with van der Waals surface area (Å²) < 4.78 is 11.4. The molecule has 2 fully saturated rings. The lowest BCUT2D eigenvalue weighted by Gasteiger charge is -2.46. The highest BCUT2D eigenvalue weighted by Gasteiger charge is 2.47. The molecule has 5 rings (SSSR count). The average Bonchev–Trinajstić information content (AvgIpc) is 3.20. The molecule has 2 saturated heterocycles. The second-order valence-corrected chi connectivity index (χ2v) is 8.27. The molecule has 1 N–H and O–H groups in total. The van der Waals surface area contributed by atoms with Crippen LogP contribution in [0, 0.1) is 6.92 Å². The van der Waals surface area contributed by atoms with Gasteiger partial charge in [-0.25, -0.2) is 4.98 Å². The molecular formula is C23H27N5O3. The first-order chi connectivity index (χ1) is 15.1. The summed E-state index contributed by atoms with van der Waals surface area (Å²) in [7, 11) is 1.60. The maximum absolute atomic E-state index is 13.5. The Kier molecular flexibility index (Phi) is 5.02. The minimum atomic E-state index is -0.755. The van der Waals surface area contributed by atoms with Crippen molar-refractivity contribution < 1.29 is 14.3 Å². The van der Waals surface area contributed by atoms with E-state index in [1.165, 1.54) is 0 Å². The molecular weight excluding hydrogens is 394 g/mol. The van der Waals surface area contributed by atoms with Crippen molar-refractivity contribution in [2.75, 3.05) is 38.3 Å². The van der Waals surface area contributed by atoms with Gasteiger partial charge in [0.15, 0.2) is 0 Å². The molecule has 3 aromatic rings. The highest BCUT2D eigenvalue weighted by Crippen LogP contribution is 2.34. The Bertz CT molecular complexity index is 1100. The van der Waals surface area contributed by atoms with Gasteiger partial charge in [-0.05, 0) is 18.6 Å². The third kappa shape index (κ3) is 3.61. The number of carbonyl (C=O) groups is 1. The third-order valence-corrected chi connectivity index (χ3v) is 6.33. The number of aromatic amines is 1. The van der Waals surface area contributed by atoms with Crippen LogP contribution in [-0.2, 0) is 16.1 Å². The molecule has 0 radical (unpaired) electrons. The molecule has 0 saturated carbocycles. The summed E-state index contributed by atoms with van der Waals surface area (Å²) in [6.07, 6.45) is 3.25. The van der Waals surface area contributed by atoms with Crippen LogP contribution in [-0.4, -0.2) is 64.7 Å². The van der Waals surface area contributed by atoms with Gasteiger partial charge in [0.05, 0.1) is 13.7 Å². The Hall–Kier alpha value is -3.13. The Morgan fingerprint density at radius 2 is 2.00 bits per heavy atom. The molecule has 8 heteroatoms. The largest absolute Gasteiger partial charge is 0.481 e. The van der Waals surface area contributed by atoms with Gasteiger partial charge in [-0.15, -0.1) is 0 Å². The summed E-state index contributed by atoms with van der Waals surface area (Å²) in [4.78, 5) is 29.9. The summed E-state index contributed by atoms with van der Waals surface area (Å²) in [6, 6.07) is 10.0. The number of ether oxygens (including phenoxy) is 2. The van der Waals surface area contributed by atoms with Crippen LogP contribution in [0.3, 0.4) is 0 Å². The van der Waals surface area contributed by atoms with Crippen molar-refractivity contribution in [3.8, 4) is 5.88 Å². The highest BCUT2D eigenvalue weighted by atomic mass is 16.5. The molecule has 0 aliphatic carbocycles. The smallest absolute Gasteiger partial charge is 0.255 e. The van der Waals surface area contributed by atoms with E-state index in [-0.39, 0.29) is 5.91 Å². The van der Waals surface area contributed by atoms with Crippen LogP contribution >= 0.6 is 0 Å². The van der Waals surface area contributed by atoms with Crippen LogP contribution in [0.5, 0.6) is 5.88 Å². The van der Waals surface area contributed by atoms with Crippen LogP contribution in [0.15, 0.2) is 36.5 Å². The van der Waals surface area contributed by atoms with E-state index in [4.69, 9.17) is 9.47 Å². The number of hydrogen-bond donors (Lipinski definition) is 1. The van der Waals surface area contributed by atoms with Crippen LogP contribution in [0.25, 0.3) is 10.9 Å². The first-order valence-corrected chi connectivity index (χ1v) is 10.7. The molecule has 2 aromatic heterocycles. The molecule has 162 valence electrons. The number of morpholine rings is 1. The molecule has 1 amide bonds. The SMILES string of the molecule is COc1cc(C)nc(N2CCC3(CC2)OCCN(Cc2c[nH]c4ccccc24)C3=O)n1. The van der Waals surface area contributed by atoms with Crippen LogP contribution in [0.4, 0.5) is 5.95 Å². The number of aryl methyl sites for hydroxylation is 1. The highest BCUT2D eigenvalue weighted by molar-refractivity contribution is 5.88. The van der Waals surface area contributed by atoms with E-state index in [1.54, 1.807) is 7.11 Å². The van der Waals surface area contributed by atoms with Crippen molar-refractivity contribution in [1.82, 2.24) is 19.9 Å². The van der Waals surface area contributed by atoms with Gasteiger partial charge >= 0.3 is 0 Å². The Morgan fingerprint density at radius 1 is 1.19 bits per heavy atom. The number of anilines is 1. The number of piperidine rings is 1. The maximum atomic E-state index is 13.5. The van der Waals surface area contributed by atoms with Crippen molar-refractivity contribution in [2.45, 2.75) is 31.9 Å². The van der Waals surface area contributed by atoms with E-state index in [1.807, 2.05) is 36.2 Å². The second kappa shape index (κ2) is 7.85. The number of benzene rings is 1. The van der Waals surface area contributed by atoms with Gasteiger partial charge in [0.2, 0.25) is 11.8 Å². The predicted molar refractivity (Wildman–Crippen MR) is 117 cm³/mol.